The standard InChI is InChI=1S/C16H21F3N2OS/c17-16(18,19)14(9-12-1-5-20-6-2-12)21-13-3-7-22-15(10-13)4-8-23-11-15/h1-2,5-6,13-14,21H,3-4,7-11H2/t13-,14+,15-/m1/s1. The van der Waals surface area contributed by atoms with E-state index in [2.05, 4.69) is 10.3 Å². The molecule has 128 valence electrons. The summed E-state index contributed by atoms with van der Waals surface area (Å²) < 4.78 is 46.1. The molecule has 0 unspecified atom stereocenters. The first-order valence-electron chi connectivity index (χ1n) is 7.90. The molecule has 1 spiro atoms. The maximum Gasteiger partial charge on any atom is 0.404 e. The molecule has 0 amide bonds. The van der Waals surface area contributed by atoms with E-state index < -0.39 is 12.2 Å². The fraction of sp³-hybridized carbons (Fsp3) is 0.688. The van der Waals surface area contributed by atoms with Crippen LogP contribution in [0, 0.1) is 0 Å². The summed E-state index contributed by atoms with van der Waals surface area (Å²) in [6, 6.07) is 1.61. The average molecular weight is 346 g/mol. The minimum absolute atomic E-state index is 0.0644. The van der Waals surface area contributed by atoms with Crippen LogP contribution in [0.3, 0.4) is 0 Å². The van der Waals surface area contributed by atoms with E-state index in [-0.39, 0.29) is 18.1 Å². The fourth-order valence-corrected chi connectivity index (χ4v) is 4.72. The van der Waals surface area contributed by atoms with Gasteiger partial charge < -0.3 is 10.1 Å². The first kappa shape index (κ1) is 17.0. The summed E-state index contributed by atoms with van der Waals surface area (Å²) >= 11 is 1.83. The van der Waals surface area contributed by atoms with Crippen molar-refractivity contribution in [3.63, 3.8) is 0 Å². The number of thioether (sulfide) groups is 1. The van der Waals surface area contributed by atoms with Gasteiger partial charge in [0.1, 0.15) is 6.04 Å². The van der Waals surface area contributed by atoms with Gasteiger partial charge in [0.2, 0.25) is 0 Å². The first-order chi connectivity index (χ1) is 11.0. The number of hydrogen-bond acceptors (Lipinski definition) is 4. The van der Waals surface area contributed by atoms with Crippen molar-refractivity contribution in [2.24, 2.45) is 0 Å². The minimum atomic E-state index is -4.26. The smallest absolute Gasteiger partial charge is 0.374 e. The maximum absolute atomic E-state index is 13.4. The van der Waals surface area contributed by atoms with Crippen LogP contribution in [-0.4, -0.2) is 47.0 Å². The van der Waals surface area contributed by atoms with Gasteiger partial charge in [0.25, 0.3) is 0 Å². The molecule has 23 heavy (non-hydrogen) atoms. The van der Waals surface area contributed by atoms with Gasteiger partial charge >= 0.3 is 6.18 Å². The van der Waals surface area contributed by atoms with E-state index in [1.54, 1.807) is 12.1 Å². The van der Waals surface area contributed by atoms with Crippen LogP contribution in [0.5, 0.6) is 0 Å². The third-order valence-electron chi connectivity index (χ3n) is 4.58. The summed E-state index contributed by atoms with van der Waals surface area (Å²) in [6.45, 7) is 0.540. The van der Waals surface area contributed by atoms with Crippen molar-refractivity contribution in [2.45, 2.75) is 49.5 Å². The van der Waals surface area contributed by atoms with E-state index in [4.69, 9.17) is 4.74 Å². The number of nitrogens with one attached hydrogen (secondary N) is 1. The number of ether oxygens (including phenoxy) is 1. The molecule has 1 N–H and O–H groups in total. The lowest BCUT2D eigenvalue weighted by molar-refractivity contribution is -0.162. The number of nitrogens with zero attached hydrogens (tertiary/aromatic N) is 1. The normalized spacial score (nSPS) is 29.8. The highest BCUT2D eigenvalue weighted by atomic mass is 32.2. The summed E-state index contributed by atoms with van der Waals surface area (Å²) in [6.07, 6.45) is 0.976. The zero-order chi connectivity index (χ0) is 16.3. The minimum Gasteiger partial charge on any atom is -0.374 e. The monoisotopic (exact) mass is 346 g/mol. The van der Waals surface area contributed by atoms with Gasteiger partial charge in [-0.15, -0.1) is 0 Å². The van der Waals surface area contributed by atoms with Crippen LogP contribution in [0.4, 0.5) is 13.2 Å². The van der Waals surface area contributed by atoms with Gasteiger partial charge in [0, 0.05) is 30.8 Å². The Bertz CT molecular complexity index is 506. The first-order valence-corrected chi connectivity index (χ1v) is 9.06. The van der Waals surface area contributed by atoms with Crippen LogP contribution < -0.4 is 5.32 Å². The molecule has 0 saturated carbocycles. The largest absolute Gasteiger partial charge is 0.404 e. The van der Waals surface area contributed by atoms with Crippen molar-refractivity contribution in [1.82, 2.24) is 10.3 Å². The van der Waals surface area contributed by atoms with Crippen LogP contribution in [-0.2, 0) is 11.2 Å². The Hall–Kier alpha value is -0.790. The Morgan fingerprint density at radius 2 is 2.17 bits per heavy atom. The molecule has 2 aliphatic rings. The van der Waals surface area contributed by atoms with Crippen molar-refractivity contribution in [3.05, 3.63) is 30.1 Å². The summed E-state index contributed by atoms with van der Waals surface area (Å²) in [7, 11) is 0. The van der Waals surface area contributed by atoms with Gasteiger partial charge in [-0.05, 0) is 49.1 Å². The van der Waals surface area contributed by atoms with E-state index in [1.807, 2.05) is 11.8 Å². The van der Waals surface area contributed by atoms with Crippen molar-refractivity contribution < 1.29 is 17.9 Å². The number of rotatable bonds is 4. The van der Waals surface area contributed by atoms with Crippen molar-refractivity contribution in [1.29, 1.82) is 0 Å². The Morgan fingerprint density at radius 1 is 1.39 bits per heavy atom. The molecule has 0 aromatic carbocycles. The zero-order valence-electron chi connectivity index (χ0n) is 12.8. The van der Waals surface area contributed by atoms with Crippen LogP contribution in [0.1, 0.15) is 24.8 Å². The molecule has 7 heteroatoms. The van der Waals surface area contributed by atoms with E-state index in [1.165, 1.54) is 12.4 Å². The molecule has 0 bridgehead atoms. The lowest BCUT2D eigenvalue weighted by Crippen LogP contribution is -2.54. The van der Waals surface area contributed by atoms with Crippen LogP contribution in [0.2, 0.25) is 0 Å². The highest BCUT2D eigenvalue weighted by Crippen LogP contribution is 2.38. The Morgan fingerprint density at radius 3 is 2.83 bits per heavy atom. The van der Waals surface area contributed by atoms with Gasteiger partial charge in [0.15, 0.2) is 0 Å². The molecule has 2 saturated heterocycles. The quantitative estimate of drug-likeness (QED) is 0.908. The molecular weight excluding hydrogens is 325 g/mol. The van der Waals surface area contributed by atoms with Crippen molar-refractivity contribution in [3.8, 4) is 0 Å². The van der Waals surface area contributed by atoms with Gasteiger partial charge in [0.05, 0.1) is 5.60 Å². The Balaban J connectivity index is 1.66. The Labute approximate surface area is 138 Å². The molecule has 3 rings (SSSR count). The SMILES string of the molecule is FC(F)(F)[C@H](Cc1ccncc1)N[C@@H]1CCO[C@]2(CCSC2)C1. The van der Waals surface area contributed by atoms with Gasteiger partial charge in [-0.3, -0.25) is 4.98 Å². The second kappa shape index (κ2) is 6.99. The van der Waals surface area contributed by atoms with E-state index in [0.29, 0.717) is 25.0 Å². The highest BCUT2D eigenvalue weighted by Gasteiger charge is 2.45. The average Bonchev–Trinajstić information content (AvgIpc) is 2.94. The van der Waals surface area contributed by atoms with Crippen molar-refractivity contribution in [2.75, 3.05) is 18.1 Å². The number of aromatic nitrogens is 1. The van der Waals surface area contributed by atoms with Crippen molar-refractivity contribution >= 4 is 11.8 Å². The van der Waals surface area contributed by atoms with Gasteiger partial charge in [-0.2, -0.15) is 24.9 Å². The lowest BCUT2D eigenvalue weighted by atomic mass is 9.89. The second-order valence-electron chi connectivity index (χ2n) is 6.34. The number of halogens is 3. The molecule has 2 fully saturated rings. The molecule has 3 atom stereocenters. The molecule has 0 aliphatic carbocycles. The molecule has 3 nitrogen and oxygen atoms in total. The number of hydrogen-bond donors (Lipinski definition) is 1. The molecule has 3 heterocycles. The summed E-state index contributed by atoms with van der Waals surface area (Å²) in [5, 5.41) is 2.86. The van der Waals surface area contributed by atoms with Gasteiger partial charge in [-0.1, -0.05) is 0 Å². The molecular formula is C16H21F3N2OS. The maximum atomic E-state index is 13.4. The predicted octanol–water partition coefficient (Wildman–Crippen LogP) is 3.20. The predicted molar refractivity (Wildman–Crippen MR) is 84.6 cm³/mol. The third kappa shape index (κ3) is 4.39. The van der Waals surface area contributed by atoms with Gasteiger partial charge in [-0.25, -0.2) is 0 Å². The Kier molecular flexibility index (Phi) is 5.18. The summed E-state index contributed by atoms with van der Waals surface area (Å²) in [5.74, 6) is 1.93. The van der Waals surface area contributed by atoms with E-state index in [9.17, 15) is 13.2 Å². The van der Waals surface area contributed by atoms with Crippen LogP contribution in [0.25, 0.3) is 0 Å². The van der Waals surface area contributed by atoms with Crippen LogP contribution >= 0.6 is 11.8 Å². The summed E-state index contributed by atoms with van der Waals surface area (Å²) in [5.41, 5.74) is 0.431. The number of alkyl halides is 3. The zero-order valence-corrected chi connectivity index (χ0v) is 13.6. The second-order valence-corrected chi connectivity index (χ2v) is 7.45. The highest BCUT2D eigenvalue weighted by molar-refractivity contribution is 7.99. The summed E-state index contributed by atoms with van der Waals surface area (Å²) in [4.78, 5) is 3.86. The third-order valence-corrected chi connectivity index (χ3v) is 5.80. The topological polar surface area (TPSA) is 34.2 Å². The number of pyridine rings is 1. The molecule has 1 aromatic heterocycles. The van der Waals surface area contributed by atoms with E-state index in [0.717, 1.165) is 17.9 Å². The fourth-order valence-electron chi connectivity index (χ4n) is 3.34. The van der Waals surface area contributed by atoms with E-state index >= 15 is 0 Å². The molecule has 1 aromatic rings. The van der Waals surface area contributed by atoms with Crippen LogP contribution in [0.15, 0.2) is 24.5 Å². The molecule has 0 radical (unpaired) electrons. The molecule has 2 aliphatic heterocycles. The lowest BCUT2D eigenvalue weighted by Gasteiger charge is -2.39.